The zero-order valence-electron chi connectivity index (χ0n) is 16.6. The maximum absolute atomic E-state index is 6.22. The molecule has 0 aliphatic carbocycles. The minimum Gasteiger partial charge on any atom is -0.494 e. The Morgan fingerprint density at radius 3 is 2.62 bits per heavy atom. The lowest BCUT2D eigenvalue weighted by Gasteiger charge is -2.17. The number of anilines is 1. The van der Waals surface area contributed by atoms with Crippen molar-refractivity contribution in [3.8, 4) is 5.75 Å². The average Bonchev–Trinajstić information content (AvgIpc) is 3.39. The fourth-order valence-corrected chi connectivity index (χ4v) is 4.31. The molecule has 0 saturated carbocycles. The third kappa shape index (κ3) is 3.29. The summed E-state index contributed by atoms with van der Waals surface area (Å²) in [5, 5.41) is 5.75. The zero-order chi connectivity index (χ0) is 19.8. The zero-order valence-corrected chi connectivity index (χ0v) is 16.6. The van der Waals surface area contributed by atoms with E-state index in [-0.39, 0.29) is 0 Å². The van der Waals surface area contributed by atoms with E-state index in [9.17, 15) is 0 Å². The second kappa shape index (κ2) is 7.37. The lowest BCUT2D eigenvalue weighted by Crippen LogP contribution is -2.19. The van der Waals surface area contributed by atoms with Crippen LogP contribution in [0.2, 0.25) is 0 Å². The van der Waals surface area contributed by atoms with Crippen molar-refractivity contribution < 1.29 is 4.74 Å². The van der Waals surface area contributed by atoms with Gasteiger partial charge in [0.25, 0.3) is 0 Å². The maximum Gasteiger partial charge on any atom is 0.222 e. The first-order chi connectivity index (χ1) is 14.2. The molecule has 1 aliphatic rings. The first kappa shape index (κ1) is 17.9. The van der Waals surface area contributed by atoms with Crippen LogP contribution in [0.25, 0.3) is 16.4 Å². The summed E-state index contributed by atoms with van der Waals surface area (Å²) < 4.78 is 7.20. The largest absolute Gasteiger partial charge is 0.494 e. The number of ether oxygens (including phenoxy) is 1. The van der Waals surface area contributed by atoms with E-state index >= 15 is 0 Å². The molecule has 0 bridgehead atoms. The molecule has 2 N–H and O–H groups in total. The van der Waals surface area contributed by atoms with Crippen LogP contribution in [-0.2, 0) is 13.0 Å². The van der Waals surface area contributed by atoms with Gasteiger partial charge in [-0.1, -0.05) is 36.4 Å². The fourth-order valence-electron chi connectivity index (χ4n) is 4.31. The molecule has 0 spiro atoms. The molecule has 6 heteroatoms. The summed E-state index contributed by atoms with van der Waals surface area (Å²) in [6.07, 6.45) is 3.38. The van der Waals surface area contributed by atoms with Crippen LogP contribution in [0.1, 0.15) is 29.7 Å². The predicted octanol–water partition coefficient (Wildman–Crippen LogP) is 3.66. The van der Waals surface area contributed by atoms with E-state index in [1.165, 1.54) is 37.1 Å². The van der Waals surface area contributed by atoms with Crippen molar-refractivity contribution in [2.75, 3.05) is 25.9 Å². The number of rotatable bonds is 5. The third-order valence-corrected chi connectivity index (χ3v) is 5.78. The summed E-state index contributed by atoms with van der Waals surface area (Å²) in [4.78, 5) is 7.06. The van der Waals surface area contributed by atoms with Gasteiger partial charge in [-0.05, 0) is 49.2 Å². The molecule has 148 valence electrons. The van der Waals surface area contributed by atoms with E-state index in [1.54, 1.807) is 11.6 Å². The highest BCUT2D eigenvalue weighted by Crippen LogP contribution is 2.29. The SMILES string of the molecule is COc1cccc2c1nc(N)n1nc(Cc3ccccc3CN3CCCC3)cc21. The van der Waals surface area contributed by atoms with Gasteiger partial charge in [0.05, 0.1) is 18.3 Å². The number of likely N-dealkylation sites (tertiary alicyclic amines) is 1. The number of aromatic nitrogens is 3. The van der Waals surface area contributed by atoms with Crippen LogP contribution in [0.5, 0.6) is 5.75 Å². The van der Waals surface area contributed by atoms with E-state index in [1.807, 2.05) is 18.2 Å². The summed E-state index contributed by atoms with van der Waals surface area (Å²) in [6.45, 7) is 3.39. The fraction of sp³-hybridized carbons (Fsp3) is 0.304. The van der Waals surface area contributed by atoms with E-state index in [4.69, 9.17) is 15.6 Å². The van der Waals surface area contributed by atoms with Gasteiger partial charge in [-0.25, -0.2) is 4.98 Å². The van der Waals surface area contributed by atoms with Gasteiger partial charge in [0, 0.05) is 18.4 Å². The topological polar surface area (TPSA) is 68.7 Å². The highest BCUT2D eigenvalue weighted by atomic mass is 16.5. The summed E-state index contributed by atoms with van der Waals surface area (Å²) in [6, 6.07) is 16.7. The number of hydrogen-bond donors (Lipinski definition) is 1. The van der Waals surface area contributed by atoms with Gasteiger partial charge in [0.15, 0.2) is 0 Å². The number of nitrogens with zero attached hydrogens (tertiary/aromatic N) is 4. The van der Waals surface area contributed by atoms with E-state index in [0.717, 1.165) is 40.8 Å². The van der Waals surface area contributed by atoms with E-state index < -0.39 is 0 Å². The standard InChI is InChI=1S/C23H25N5O/c1-29-21-10-6-9-19-20-14-18(26-28(20)23(24)25-22(19)21)13-16-7-2-3-8-17(16)15-27-11-4-5-12-27/h2-3,6-10,14H,4-5,11-13,15H2,1H3,(H2,24,25). The molecule has 0 atom stereocenters. The summed E-state index contributed by atoms with van der Waals surface area (Å²) >= 11 is 0. The Hall–Kier alpha value is -3.12. The average molecular weight is 387 g/mol. The van der Waals surface area contributed by atoms with Crippen molar-refractivity contribution in [3.63, 3.8) is 0 Å². The molecule has 0 unspecified atom stereocenters. The van der Waals surface area contributed by atoms with Gasteiger partial charge in [-0.3, -0.25) is 4.90 Å². The Labute approximate surface area is 169 Å². The van der Waals surface area contributed by atoms with E-state index in [0.29, 0.717) is 5.95 Å². The molecule has 0 radical (unpaired) electrons. The van der Waals surface area contributed by atoms with Crippen LogP contribution in [0, 0.1) is 0 Å². The number of nitrogens with two attached hydrogens (primary N) is 1. The third-order valence-electron chi connectivity index (χ3n) is 5.78. The highest BCUT2D eigenvalue weighted by Gasteiger charge is 2.16. The number of methoxy groups -OCH3 is 1. The highest BCUT2D eigenvalue weighted by molar-refractivity contribution is 5.97. The van der Waals surface area contributed by atoms with Crippen LogP contribution in [0.3, 0.4) is 0 Å². The van der Waals surface area contributed by atoms with Crippen molar-refractivity contribution in [2.45, 2.75) is 25.8 Å². The summed E-state index contributed by atoms with van der Waals surface area (Å²) in [5.74, 6) is 1.09. The van der Waals surface area contributed by atoms with Crippen LogP contribution in [0.15, 0.2) is 48.5 Å². The van der Waals surface area contributed by atoms with Gasteiger partial charge >= 0.3 is 0 Å². The predicted molar refractivity (Wildman–Crippen MR) is 115 cm³/mol. The monoisotopic (exact) mass is 387 g/mol. The Kier molecular flexibility index (Phi) is 4.56. The maximum atomic E-state index is 6.22. The van der Waals surface area contributed by atoms with E-state index in [2.05, 4.69) is 40.2 Å². The number of para-hydroxylation sites is 1. The summed E-state index contributed by atoms with van der Waals surface area (Å²) in [7, 11) is 1.65. The Morgan fingerprint density at radius 2 is 1.83 bits per heavy atom. The van der Waals surface area contributed by atoms with Crippen LogP contribution in [0.4, 0.5) is 5.95 Å². The van der Waals surface area contributed by atoms with Crippen molar-refractivity contribution in [1.29, 1.82) is 0 Å². The molecule has 1 fully saturated rings. The van der Waals surface area contributed by atoms with Crippen LogP contribution < -0.4 is 10.5 Å². The Balaban J connectivity index is 1.54. The van der Waals surface area contributed by atoms with Crippen molar-refractivity contribution in [3.05, 3.63) is 65.4 Å². The van der Waals surface area contributed by atoms with Crippen molar-refractivity contribution in [2.24, 2.45) is 0 Å². The van der Waals surface area contributed by atoms with Crippen LogP contribution in [-0.4, -0.2) is 39.7 Å². The summed E-state index contributed by atoms with van der Waals surface area (Å²) in [5.41, 5.74) is 11.6. The van der Waals surface area contributed by atoms with Crippen molar-refractivity contribution in [1.82, 2.24) is 19.5 Å². The first-order valence-corrected chi connectivity index (χ1v) is 10.1. The van der Waals surface area contributed by atoms with Gasteiger partial charge in [0.1, 0.15) is 11.3 Å². The molecule has 29 heavy (non-hydrogen) atoms. The number of hydrogen-bond acceptors (Lipinski definition) is 5. The van der Waals surface area contributed by atoms with Gasteiger partial charge in [-0.2, -0.15) is 9.61 Å². The quantitative estimate of drug-likeness (QED) is 0.566. The minimum absolute atomic E-state index is 0.369. The molecule has 2 aromatic heterocycles. The smallest absolute Gasteiger partial charge is 0.222 e. The molecular weight excluding hydrogens is 362 g/mol. The molecule has 4 aromatic rings. The molecule has 0 amide bonds. The number of fused-ring (bicyclic) bond motifs is 3. The normalized spacial score (nSPS) is 14.8. The molecule has 6 nitrogen and oxygen atoms in total. The molecule has 1 aliphatic heterocycles. The molecular formula is C23H25N5O. The second-order valence-electron chi connectivity index (χ2n) is 7.69. The Bertz CT molecular complexity index is 1180. The van der Waals surface area contributed by atoms with Gasteiger partial charge in [0.2, 0.25) is 5.95 Å². The lowest BCUT2D eigenvalue weighted by molar-refractivity contribution is 0.330. The van der Waals surface area contributed by atoms with Gasteiger partial charge in [-0.15, -0.1) is 0 Å². The second-order valence-corrected chi connectivity index (χ2v) is 7.69. The lowest BCUT2D eigenvalue weighted by atomic mass is 10.0. The number of nitrogen functional groups attached to an aromatic ring is 1. The van der Waals surface area contributed by atoms with Gasteiger partial charge < -0.3 is 10.5 Å². The first-order valence-electron chi connectivity index (χ1n) is 10.1. The van der Waals surface area contributed by atoms with Crippen LogP contribution >= 0.6 is 0 Å². The number of benzene rings is 2. The molecule has 5 rings (SSSR count). The molecule has 1 saturated heterocycles. The minimum atomic E-state index is 0.369. The molecule has 3 heterocycles. The molecule has 2 aromatic carbocycles. The van der Waals surface area contributed by atoms with Crippen molar-refractivity contribution >= 4 is 22.4 Å². The Morgan fingerprint density at radius 1 is 1.03 bits per heavy atom.